The van der Waals surface area contributed by atoms with Crippen molar-refractivity contribution >= 4 is 23.3 Å². The number of alkyl halides is 6. The van der Waals surface area contributed by atoms with Crippen LogP contribution in [-0.2, 0) is 18.9 Å². The van der Waals surface area contributed by atoms with Crippen molar-refractivity contribution in [3.63, 3.8) is 0 Å². The summed E-state index contributed by atoms with van der Waals surface area (Å²) in [5.74, 6) is 0.0485. The van der Waals surface area contributed by atoms with Crippen molar-refractivity contribution < 1.29 is 35.9 Å². The second-order valence-electron chi connectivity index (χ2n) is 12.0. The minimum Gasteiger partial charge on any atom is -0.477 e. The lowest BCUT2D eigenvalue weighted by atomic mass is 9.97. The van der Waals surface area contributed by atoms with Crippen LogP contribution in [0.2, 0.25) is 5.02 Å². The summed E-state index contributed by atoms with van der Waals surface area (Å²) in [5.41, 5.74) is -2.12. The maximum Gasteiger partial charge on any atom is 0.416 e. The number of ether oxygens (including phenoxy) is 1. The van der Waals surface area contributed by atoms with E-state index in [2.05, 4.69) is 9.80 Å². The lowest BCUT2D eigenvalue weighted by Gasteiger charge is -2.37. The SMILES string of the molecule is O=C1c2c(-c3ccccc3Cl)cc(N3CCC(N4CCCC4)CC3)nc2OCCCN1Cc1cc(C(F)(F)F)cc(C(F)(F)F)c1. The molecule has 0 atom stereocenters. The Morgan fingerprint density at radius 1 is 0.826 bits per heavy atom. The number of amides is 1. The molecule has 46 heavy (non-hydrogen) atoms. The van der Waals surface area contributed by atoms with Crippen LogP contribution in [0.25, 0.3) is 11.1 Å². The normalized spacial score (nSPS) is 18.7. The van der Waals surface area contributed by atoms with E-state index in [1.54, 1.807) is 30.3 Å². The molecule has 0 unspecified atom stereocenters. The molecule has 2 saturated heterocycles. The first-order valence-electron chi connectivity index (χ1n) is 15.4. The predicted molar refractivity (Wildman–Crippen MR) is 162 cm³/mol. The molecule has 246 valence electrons. The third-order valence-corrected chi connectivity index (χ3v) is 9.24. The summed E-state index contributed by atoms with van der Waals surface area (Å²) in [4.78, 5) is 24.9. The molecule has 0 spiro atoms. The number of benzene rings is 2. The zero-order valence-corrected chi connectivity index (χ0v) is 25.7. The van der Waals surface area contributed by atoms with E-state index in [4.69, 9.17) is 21.3 Å². The Balaban J connectivity index is 1.37. The number of rotatable bonds is 5. The molecule has 0 saturated carbocycles. The second kappa shape index (κ2) is 12.9. The average molecular weight is 667 g/mol. The minimum absolute atomic E-state index is 0.0452. The summed E-state index contributed by atoms with van der Waals surface area (Å²) in [5, 5.41) is 0.365. The van der Waals surface area contributed by atoms with E-state index in [1.807, 2.05) is 0 Å². The van der Waals surface area contributed by atoms with Gasteiger partial charge in [0.25, 0.3) is 5.91 Å². The number of piperidine rings is 1. The molecule has 3 aliphatic rings. The third kappa shape index (κ3) is 6.92. The number of aromatic nitrogens is 1. The second-order valence-corrected chi connectivity index (χ2v) is 12.4. The Hall–Kier alpha value is -3.51. The molecule has 2 aromatic carbocycles. The first kappa shape index (κ1) is 32.4. The zero-order chi connectivity index (χ0) is 32.6. The Labute approximate surface area is 267 Å². The number of anilines is 1. The number of halogens is 7. The molecule has 0 radical (unpaired) electrons. The Morgan fingerprint density at radius 3 is 2.11 bits per heavy atom. The van der Waals surface area contributed by atoms with E-state index in [-0.39, 0.29) is 36.2 Å². The lowest BCUT2D eigenvalue weighted by molar-refractivity contribution is -0.143. The summed E-state index contributed by atoms with van der Waals surface area (Å²) in [6.07, 6.45) is -5.35. The van der Waals surface area contributed by atoms with Gasteiger partial charge in [0.2, 0.25) is 5.88 Å². The average Bonchev–Trinajstić information content (AvgIpc) is 3.56. The van der Waals surface area contributed by atoms with Crippen LogP contribution in [0.4, 0.5) is 32.2 Å². The number of hydrogen-bond donors (Lipinski definition) is 0. The van der Waals surface area contributed by atoms with E-state index in [0.717, 1.165) is 39.0 Å². The summed E-state index contributed by atoms with van der Waals surface area (Å²) in [7, 11) is 0. The topological polar surface area (TPSA) is 48.9 Å². The Kier molecular flexibility index (Phi) is 9.13. The molecule has 4 heterocycles. The quantitative estimate of drug-likeness (QED) is 0.259. The van der Waals surface area contributed by atoms with Crippen molar-refractivity contribution in [3.05, 3.63) is 75.8 Å². The molecule has 2 fully saturated rings. The van der Waals surface area contributed by atoms with Gasteiger partial charge in [-0.15, -0.1) is 0 Å². The van der Waals surface area contributed by atoms with E-state index in [9.17, 15) is 31.1 Å². The van der Waals surface area contributed by atoms with Crippen LogP contribution in [0.1, 0.15) is 59.2 Å². The van der Waals surface area contributed by atoms with Crippen LogP contribution >= 0.6 is 11.6 Å². The molecule has 0 bridgehead atoms. The van der Waals surface area contributed by atoms with Gasteiger partial charge in [-0.2, -0.15) is 31.3 Å². The van der Waals surface area contributed by atoms with Crippen LogP contribution in [0, 0.1) is 0 Å². The molecule has 0 N–H and O–H groups in total. The van der Waals surface area contributed by atoms with Crippen LogP contribution in [0.3, 0.4) is 0 Å². The van der Waals surface area contributed by atoms with Gasteiger partial charge in [-0.3, -0.25) is 4.79 Å². The monoisotopic (exact) mass is 666 g/mol. The fourth-order valence-electron chi connectivity index (χ4n) is 6.61. The highest BCUT2D eigenvalue weighted by Gasteiger charge is 2.38. The lowest BCUT2D eigenvalue weighted by Crippen LogP contribution is -2.44. The highest BCUT2D eigenvalue weighted by molar-refractivity contribution is 6.33. The summed E-state index contributed by atoms with van der Waals surface area (Å²) >= 11 is 6.62. The van der Waals surface area contributed by atoms with E-state index in [0.29, 0.717) is 46.6 Å². The Bertz CT molecular complexity index is 1550. The standard InChI is InChI=1S/C33H33ClF6N4O2/c34-27-7-2-1-6-25(27)26-19-28(43-13-8-24(9-14-43)42-10-3-4-11-42)41-30-29(26)31(45)44(12-5-15-46-30)20-21-16-22(32(35,36)37)18-23(17-21)33(38,39)40/h1-2,6-7,16-19,24H,3-5,8-15,20H2. The van der Waals surface area contributed by atoms with Gasteiger partial charge in [-0.1, -0.05) is 29.8 Å². The molecule has 3 aliphatic heterocycles. The molecule has 3 aromatic rings. The smallest absolute Gasteiger partial charge is 0.416 e. The highest BCUT2D eigenvalue weighted by Crippen LogP contribution is 2.40. The highest BCUT2D eigenvalue weighted by atomic mass is 35.5. The number of likely N-dealkylation sites (tertiary alicyclic amines) is 1. The first-order valence-corrected chi connectivity index (χ1v) is 15.8. The fourth-order valence-corrected chi connectivity index (χ4v) is 6.84. The van der Waals surface area contributed by atoms with Crippen molar-refractivity contribution in [2.24, 2.45) is 0 Å². The molecule has 13 heteroatoms. The van der Waals surface area contributed by atoms with Crippen molar-refractivity contribution in [1.29, 1.82) is 0 Å². The summed E-state index contributed by atoms with van der Waals surface area (Å²) in [6, 6.07) is 10.6. The van der Waals surface area contributed by atoms with Gasteiger partial charge in [-0.25, -0.2) is 0 Å². The number of nitrogens with zero attached hydrogens (tertiary/aromatic N) is 4. The Morgan fingerprint density at radius 2 is 1.48 bits per heavy atom. The number of carbonyl (C=O) groups is 1. The van der Waals surface area contributed by atoms with Crippen molar-refractivity contribution in [1.82, 2.24) is 14.8 Å². The molecular formula is C33H33ClF6N4O2. The molecule has 1 amide bonds. The van der Waals surface area contributed by atoms with Crippen molar-refractivity contribution in [3.8, 4) is 17.0 Å². The van der Waals surface area contributed by atoms with Gasteiger partial charge in [-0.05, 0) is 81.1 Å². The largest absolute Gasteiger partial charge is 0.477 e. The number of carbonyl (C=O) groups excluding carboxylic acids is 1. The fraction of sp³-hybridized carbons (Fsp3) is 0.455. The van der Waals surface area contributed by atoms with Gasteiger partial charge < -0.3 is 19.4 Å². The molecular weight excluding hydrogens is 634 g/mol. The molecule has 6 nitrogen and oxygen atoms in total. The molecule has 1 aromatic heterocycles. The van der Waals surface area contributed by atoms with Gasteiger partial charge >= 0.3 is 12.4 Å². The van der Waals surface area contributed by atoms with E-state index >= 15 is 0 Å². The number of hydrogen-bond acceptors (Lipinski definition) is 5. The molecule has 0 aliphatic carbocycles. The minimum atomic E-state index is -5.00. The van der Waals surface area contributed by atoms with Gasteiger partial charge in [0.05, 0.1) is 17.7 Å². The maximum absolute atomic E-state index is 14.2. The summed E-state index contributed by atoms with van der Waals surface area (Å²) in [6.45, 7) is 3.45. The van der Waals surface area contributed by atoms with Gasteiger partial charge in [0, 0.05) is 48.4 Å². The van der Waals surface area contributed by atoms with Crippen LogP contribution in [0.15, 0.2) is 48.5 Å². The van der Waals surface area contributed by atoms with Crippen LogP contribution in [-0.4, -0.2) is 66.1 Å². The number of fused-ring (bicyclic) bond motifs is 1. The van der Waals surface area contributed by atoms with Gasteiger partial charge in [0.1, 0.15) is 11.4 Å². The molecule has 6 rings (SSSR count). The van der Waals surface area contributed by atoms with E-state index < -0.39 is 35.9 Å². The predicted octanol–water partition coefficient (Wildman–Crippen LogP) is 7.93. The first-order chi connectivity index (χ1) is 21.9. The zero-order valence-electron chi connectivity index (χ0n) is 24.9. The van der Waals surface area contributed by atoms with Gasteiger partial charge in [0.15, 0.2) is 0 Å². The van der Waals surface area contributed by atoms with Crippen molar-refractivity contribution in [2.45, 2.75) is 57.0 Å². The van der Waals surface area contributed by atoms with Crippen molar-refractivity contribution in [2.75, 3.05) is 44.2 Å². The van der Waals surface area contributed by atoms with Crippen LogP contribution < -0.4 is 9.64 Å². The maximum atomic E-state index is 14.2. The van der Waals surface area contributed by atoms with E-state index in [1.165, 1.54) is 17.7 Å². The third-order valence-electron chi connectivity index (χ3n) is 8.92. The number of pyridine rings is 1. The van der Waals surface area contributed by atoms with Crippen LogP contribution in [0.5, 0.6) is 5.88 Å². The summed E-state index contributed by atoms with van der Waals surface area (Å²) < 4.78 is 87.5.